The highest BCUT2D eigenvalue weighted by molar-refractivity contribution is 5.76. The summed E-state index contributed by atoms with van der Waals surface area (Å²) in [7, 11) is 0. The lowest BCUT2D eigenvalue weighted by Crippen LogP contribution is -2.47. The molecular formula is C24H29N7. The molecule has 1 fully saturated rings. The van der Waals surface area contributed by atoms with Crippen molar-refractivity contribution in [3.05, 3.63) is 53.6 Å². The molecule has 6 rings (SSSR count). The first-order valence-electron chi connectivity index (χ1n) is 11.6. The summed E-state index contributed by atoms with van der Waals surface area (Å²) < 4.78 is 4.50. The molecule has 1 saturated heterocycles. The van der Waals surface area contributed by atoms with Gasteiger partial charge in [0, 0.05) is 44.2 Å². The second-order valence-corrected chi connectivity index (χ2v) is 8.78. The monoisotopic (exact) mass is 415 g/mol. The number of imidazole rings is 1. The molecular weight excluding hydrogens is 386 g/mol. The van der Waals surface area contributed by atoms with Crippen LogP contribution >= 0.6 is 0 Å². The van der Waals surface area contributed by atoms with Crippen molar-refractivity contribution >= 4 is 22.5 Å². The van der Waals surface area contributed by atoms with Gasteiger partial charge in [-0.05, 0) is 31.5 Å². The molecule has 0 aliphatic carbocycles. The number of hydrogen-bond acceptors (Lipinski definition) is 5. The third-order valence-electron chi connectivity index (χ3n) is 6.75. The van der Waals surface area contributed by atoms with Gasteiger partial charge in [-0.3, -0.25) is 0 Å². The van der Waals surface area contributed by atoms with Crippen LogP contribution in [0.4, 0.5) is 5.82 Å². The number of unbranched alkanes of at least 4 members (excludes halogenated alkanes) is 1. The Morgan fingerprint density at radius 1 is 1.06 bits per heavy atom. The number of fused-ring (bicyclic) bond motifs is 3. The van der Waals surface area contributed by atoms with Crippen molar-refractivity contribution in [2.45, 2.75) is 45.1 Å². The molecule has 0 atom stereocenters. The Labute approximate surface area is 182 Å². The van der Waals surface area contributed by atoms with Gasteiger partial charge in [0.2, 0.25) is 0 Å². The van der Waals surface area contributed by atoms with Gasteiger partial charge in [-0.15, -0.1) is 0 Å². The Hall–Kier alpha value is -2.93. The Morgan fingerprint density at radius 2 is 1.94 bits per heavy atom. The van der Waals surface area contributed by atoms with Gasteiger partial charge in [0.05, 0.1) is 28.8 Å². The van der Waals surface area contributed by atoms with E-state index in [1.807, 2.05) is 16.8 Å². The summed E-state index contributed by atoms with van der Waals surface area (Å²) in [6, 6.07) is 10.6. The maximum atomic E-state index is 5.06. The Kier molecular flexibility index (Phi) is 4.64. The summed E-state index contributed by atoms with van der Waals surface area (Å²) in [6.07, 6.45) is 6.22. The van der Waals surface area contributed by atoms with E-state index < -0.39 is 0 Å². The zero-order valence-corrected chi connectivity index (χ0v) is 18.1. The second kappa shape index (κ2) is 7.64. The van der Waals surface area contributed by atoms with E-state index >= 15 is 0 Å². The summed E-state index contributed by atoms with van der Waals surface area (Å²) >= 11 is 0. The van der Waals surface area contributed by atoms with Crippen molar-refractivity contribution in [1.29, 1.82) is 0 Å². The third kappa shape index (κ3) is 3.10. The zero-order chi connectivity index (χ0) is 20.8. The van der Waals surface area contributed by atoms with Gasteiger partial charge in [-0.2, -0.15) is 9.61 Å². The number of aromatic nitrogens is 5. The average Bonchev–Trinajstić information content (AvgIpc) is 3.28. The first kappa shape index (κ1) is 18.8. The Morgan fingerprint density at radius 3 is 2.84 bits per heavy atom. The number of hydrogen-bond donors (Lipinski definition) is 1. The lowest BCUT2D eigenvalue weighted by atomic mass is 9.97. The number of benzene rings is 1. The fourth-order valence-corrected chi connectivity index (χ4v) is 5.11. The zero-order valence-electron chi connectivity index (χ0n) is 18.1. The number of nitrogens with zero attached hydrogens (tertiary/aromatic N) is 6. The van der Waals surface area contributed by atoms with Crippen molar-refractivity contribution in [1.82, 2.24) is 29.5 Å². The van der Waals surface area contributed by atoms with E-state index in [4.69, 9.17) is 9.97 Å². The predicted octanol–water partition coefficient (Wildman–Crippen LogP) is 3.17. The first-order chi connectivity index (χ1) is 15.3. The van der Waals surface area contributed by atoms with Gasteiger partial charge in [0.15, 0.2) is 5.65 Å². The predicted molar refractivity (Wildman–Crippen MR) is 123 cm³/mol. The van der Waals surface area contributed by atoms with Crippen molar-refractivity contribution < 1.29 is 0 Å². The molecule has 0 amide bonds. The van der Waals surface area contributed by atoms with Crippen LogP contribution in [-0.2, 0) is 19.4 Å². The molecule has 7 heteroatoms. The molecule has 2 aliphatic heterocycles. The molecule has 2 aliphatic rings. The molecule has 0 saturated carbocycles. The number of nitrogens with one attached hydrogen (secondary N) is 1. The highest BCUT2D eigenvalue weighted by Crippen LogP contribution is 2.36. The van der Waals surface area contributed by atoms with Gasteiger partial charge >= 0.3 is 0 Å². The second-order valence-electron chi connectivity index (χ2n) is 8.78. The maximum Gasteiger partial charge on any atom is 0.157 e. The van der Waals surface area contributed by atoms with Crippen molar-refractivity contribution in [2.75, 3.05) is 31.1 Å². The van der Waals surface area contributed by atoms with Crippen LogP contribution in [-0.4, -0.2) is 50.3 Å². The van der Waals surface area contributed by atoms with E-state index in [0.717, 1.165) is 56.7 Å². The minimum absolute atomic E-state index is 0.447. The summed E-state index contributed by atoms with van der Waals surface area (Å²) in [5, 5.41) is 8.14. The van der Waals surface area contributed by atoms with Crippen LogP contribution in [0.1, 0.15) is 42.8 Å². The summed E-state index contributed by atoms with van der Waals surface area (Å²) in [6.45, 7) is 7.25. The smallest absolute Gasteiger partial charge is 0.157 e. The minimum Gasteiger partial charge on any atom is -0.355 e. The summed E-state index contributed by atoms with van der Waals surface area (Å²) in [5.74, 6) is 2.92. The van der Waals surface area contributed by atoms with Crippen molar-refractivity contribution in [3.8, 4) is 0 Å². The van der Waals surface area contributed by atoms with Gasteiger partial charge in [0.1, 0.15) is 11.6 Å². The number of aryl methyl sites for hydroxylation is 1. The molecule has 0 unspecified atom stereocenters. The minimum atomic E-state index is 0.447. The molecule has 31 heavy (non-hydrogen) atoms. The molecule has 7 nitrogen and oxygen atoms in total. The van der Waals surface area contributed by atoms with Crippen LogP contribution in [0.25, 0.3) is 16.7 Å². The number of para-hydroxylation sites is 2. The largest absolute Gasteiger partial charge is 0.355 e. The Balaban J connectivity index is 1.35. The van der Waals surface area contributed by atoms with E-state index in [1.54, 1.807) is 0 Å². The van der Waals surface area contributed by atoms with Crippen LogP contribution in [0.3, 0.4) is 0 Å². The maximum absolute atomic E-state index is 5.06. The van der Waals surface area contributed by atoms with Gasteiger partial charge in [0.25, 0.3) is 0 Å². The summed E-state index contributed by atoms with van der Waals surface area (Å²) in [5.41, 5.74) is 5.92. The average molecular weight is 416 g/mol. The fourth-order valence-electron chi connectivity index (χ4n) is 5.11. The third-order valence-corrected chi connectivity index (χ3v) is 6.75. The lowest BCUT2D eigenvalue weighted by molar-refractivity contribution is 0.465. The first-order valence-corrected chi connectivity index (χ1v) is 11.6. The van der Waals surface area contributed by atoms with Gasteiger partial charge < -0.3 is 14.8 Å². The quantitative estimate of drug-likeness (QED) is 0.542. The molecule has 1 aromatic carbocycles. The van der Waals surface area contributed by atoms with Crippen molar-refractivity contribution in [3.63, 3.8) is 0 Å². The van der Waals surface area contributed by atoms with Crippen LogP contribution < -0.4 is 10.2 Å². The molecule has 3 aromatic heterocycles. The molecule has 1 N–H and O–H groups in total. The molecule has 5 heterocycles. The van der Waals surface area contributed by atoms with Crippen molar-refractivity contribution in [2.24, 2.45) is 0 Å². The van der Waals surface area contributed by atoms with E-state index in [-0.39, 0.29) is 0 Å². The fraction of sp³-hybridized carbons (Fsp3) is 0.458. The number of rotatable bonds is 5. The van der Waals surface area contributed by atoms with E-state index in [0.29, 0.717) is 5.92 Å². The summed E-state index contributed by atoms with van der Waals surface area (Å²) in [4.78, 5) is 12.5. The van der Waals surface area contributed by atoms with E-state index in [1.165, 1.54) is 41.3 Å². The normalized spacial score (nSPS) is 17.1. The van der Waals surface area contributed by atoms with Crippen LogP contribution in [0.15, 0.2) is 36.5 Å². The topological polar surface area (TPSA) is 63.3 Å². The van der Waals surface area contributed by atoms with Gasteiger partial charge in [-0.1, -0.05) is 25.5 Å². The van der Waals surface area contributed by atoms with E-state index in [9.17, 15) is 0 Å². The van der Waals surface area contributed by atoms with Gasteiger partial charge in [-0.25, -0.2) is 9.97 Å². The molecule has 0 spiro atoms. The standard InChI is InChI=1S/C24H29N7/c1-2-3-14-30-21-7-5-4-6-20(21)28-23(30)17-15-29(16-17)24-18-8-11-25-12-9-19(18)27-22-10-13-26-31(22)24/h4-7,10,13,17,25H,2-3,8-9,11-12,14-16H2,1H3. The molecule has 0 radical (unpaired) electrons. The molecule has 4 aromatic rings. The van der Waals surface area contributed by atoms with Crippen LogP contribution in [0.2, 0.25) is 0 Å². The Bertz CT molecular complexity index is 1230. The van der Waals surface area contributed by atoms with Crippen LogP contribution in [0.5, 0.6) is 0 Å². The highest BCUT2D eigenvalue weighted by Gasteiger charge is 2.35. The van der Waals surface area contributed by atoms with Crippen LogP contribution in [0, 0.1) is 0 Å². The SMILES string of the molecule is CCCCn1c(C2CN(c3c4c(nc5ccnn35)CCNCC4)C2)nc2ccccc21. The molecule has 0 bridgehead atoms. The van der Waals surface area contributed by atoms with E-state index in [2.05, 4.69) is 51.1 Å². The lowest BCUT2D eigenvalue weighted by Gasteiger charge is -2.41. The number of anilines is 1. The highest BCUT2D eigenvalue weighted by atomic mass is 15.4. The molecule has 160 valence electrons.